The smallest absolute Gasteiger partial charge is 0.274 e. The second kappa shape index (κ2) is 8.10. The van der Waals surface area contributed by atoms with Crippen LogP contribution in [-0.4, -0.2) is 55.7 Å². The largest absolute Gasteiger partial charge is 0.354 e. The average Bonchev–Trinajstić information content (AvgIpc) is 2.55. The Morgan fingerprint density at radius 1 is 1.32 bits per heavy atom. The van der Waals surface area contributed by atoms with E-state index in [-0.39, 0.29) is 5.91 Å². The molecule has 1 aromatic carbocycles. The number of carbonyl (C=O) groups excluding carboxylic acids is 1. The van der Waals surface area contributed by atoms with Crippen molar-refractivity contribution in [2.75, 3.05) is 45.1 Å². The SMILES string of the molecule is CCc1ccccc1NC(=S)N1CC[NH+](CC(=O)NC)CC1. The topological polar surface area (TPSA) is 48.8 Å². The summed E-state index contributed by atoms with van der Waals surface area (Å²) in [4.78, 5) is 14.9. The van der Waals surface area contributed by atoms with E-state index in [1.807, 2.05) is 12.1 Å². The van der Waals surface area contributed by atoms with Crippen molar-refractivity contribution >= 4 is 28.9 Å². The van der Waals surface area contributed by atoms with Crippen molar-refractivity contribution in [2.24, 2.45) is 0 Å². The molecule has 0 atom stereocenters. The Kier molecular flexibility index (Phi) is 6.15. The van der Waals surface area contributed by atoms with Gasteiger partial charge in [0.05, 0.1) is 26.2 Å². The van der Waals surface area contributed by atoms with Gasteiger partial charge in [-0.2, -0.15) is 0 Å². The molecule has 1 saturated heterocycles. The Morgan fingerprint density at radius 2 is 2.00 bits per heavy atom. The van der Waals surface area contributed by atoms with E-state index in [9.17, 15) is 4.79 Å². The molecule has 22 heavy (non-hydrogen) atoms. The number of nitrogens with zero attached hydrogens (tertiary/aromatic N) is 1. The van der Waals surface area contributed by atoms with Crippen molar-refractivity contribution in [3.05, 3.63) is 29.8 Å². The highest BCUT2D eigenvalue weighted by molar-refractivity contribution is 7.80. The molecule has 0 aromatic heterocycles. The lowest BCUT2D eigenvalue weighted by Crippen LogP contribution is -3.15. The van der Waals surface area contributed by atoms with Crippen molar-refractivity contribution in [3.63, 3.8) is 0 Å². The molecule has 5 nitrogen and oxygen atoms in total. The van der Waals surface area contributed by atoms with E-state index in [0.717, 1.165) is 43.4 Å². The van der Waals surface area contributed by atoms with E-state index in [1.54, 1.807) is 7.05 Å². The van der Waals surface area contributed by atoms with Crippen molar-refractivity contribution < 1.29 is 9.69 Å². The molecule has 3 N–H and O–H groups in total. The number of aryl methyl sites for hydroxylation is 1. The molecule has 1 aliphatic heterocycles. The molecule has 2 rings (SSSR count). The van der Waals surface area contributed by atoms with Crippen LogP contribution in [-0.2, 0) is 11.2 Å². The second-order valence-corrected chi connectivity index (χ2v) is 5.91. The summed E-state index contributed by atoms with van der Waals surface area (Å²) in [7, 11) is 1.68. The number of rotatable bonds is 4. The van der Waals surface area contributed by atoms with Gasteiger partial charge in [-0.05, 0) is 30.3 Å². The molecular weight excluding hydrogens is 296 g/mol. The third-order valence-corrected chi connectivity index (χ3v) is 4.45. The van der Waals surface area contributed by atoms with Crippen LogP contribution in [0.3, 0.4) is 0 Å². The van der Waals surface area contributed by atoms with E-state index in [0.29, 0.717) is 6.54 Å². The Balaban J connectivity index is 1.86. The van der Waals surface area contributed by atoms with Gasteiger partial charge in [0.15, 0.2) is 11.7 Å². The number of anilines is 1. The summed E-state index contributed by atoms with van der Waals surface area (Å²) < 4.78 is 0. The van der Waals surface area contributed by atoms with Crippen molar-refractivity contribution in [2.45, 2.75) is 13.3 Å². The maximum atomic E-state index is 11.4. The molecule has 0 unspecified atom stereocenters. The highest BCUT2D eigenvalue weighted by atomic mass is 32.1. The summed E-state index contributed by atoms with van der Waals surface area (Å²) in [6, 6.07) is 8.26. The van der Waals surface area contributed by atoms with Gasteiger partial charge in [-0.25, -0.2) is 0 Å². The lowest BCUT2D eigenvalue weighted by atomic mass is 10.1. The Morgan fingerprint density at radius 3 is 2.64 bits per heavy atom. The summed E-state index contributed by atoms with van der Waals surface area (Å²) in [6.45, 7) is 6.32. The summed E-state index contributed by atoms with van der Waals surface area (Å²) >= 11 is 5.54. The minimum atomic E-state index is 0.0982. The molecule has 1 amide bonds. The fourth-order valence-corrected chi connectivity index (χ4v) is 2.96. The molecule has 1 aliphatic rings. The monoisotopic (exact) mass is 321 g/mol. The summed E-state index contributed by atoms with van der Waals surface area (Å²) in [5.74, 6) is 0.0982. The minimum Gasteiger partial charge on any atom is -0.354 e. The molecular formula is C16H25N4OS+. The maximum absolute atomic E-state index is 11.4. The number of quaternary nitrogens is 1. The lowest BCUT2D eigenvalue weighted by Gasteiger charge is -2.33. The molecule has 6 heteroatoms. The minimum absolute atomic E-state index is 0.0982. The van der Waals surface area contributed by atoms with Crippen LogP contribution in [0.15, 0.2) is 24.3 Å². The number of hydrogen-bond acceptors (Lipinski definition) is 2. The number of piperazine rings is 1. The first-order chi connectivity index (χ1) is 10.6. The predicted octanol–water partition coefficient (Wildman–Crippen LogP) is -0.108. The first-order valence-electron chi connectivity index (χ1n) is 7.82. The van der Waals surface area contributed by atoms with Crippen LogP contribution in [0.2, 0.25) is 0 Å². The highest BCUT2D eigenvalue weighted by Gasteiger charge is 2.23. The summed E-state index contributed by atoms with van der Waals surface area (Å²) in [6.07, 6.45) is 0.982. The fraction of sp³-hybridized carbons (Fsp3) is 0.500. The van der Waals surface area contributed by atoms with Gasteiger partial charge in [0, 0.05) is 12.7 Å². The average molecular weight is 321 g/mol. The number of likely N-dealkylation sites (N-methyl/N-ethyl adjacent to an activating group) is 1. The molecule has 0 saturated carbocycles. The Labute approximate surface area is 137 Å². The zero-order chi connectivity index (χ0) is 15.9. The number of nitrogens with one attached hydrogen (secondary N) is 3. The van der Waals surface area contributed by atoms with E-state index in [4.69, 9.17) is 12.2 Å². The number of amides is 1. The maximum Gasteiger partial charge on any atom is 0.274 e. The van der Waals surface area contributed by atoms with Gasteiger partial charge in [-0.1, -0.05) is 25.1 Å². The number of thiocarbonyl (C=S) groups is 1. The lowest BCUT2D eigenvalue weighted by molar-refractivity contribution is -0.895. The van der Waals surface area contributed by atoms with Gasteiger partial charge >= 0.3 is 0 Å². The molecule has 120 valence electrons. The third-order valence-electron chi connectivity index (χ3n) is 4.09. The van der Waals surface area contributed by atoms with Crippen LogP contribution >= 0.6 is 12.2 Å². The molecule has 0 radical (unpaired) electrons. The Hall–Kier alpha value is -1.66. The number of benzene rings is 1. The van der Waals surface area contributed by atoms with Crippen LogP contribution in [0.1, 0.15) is 12.5 Å². The highest BCUT2D eigenvalue weighted by Crippen LogP contribution is 2.16. The van der Waals surface area contributed by atoms with Crippen LogP contribution in [0.25, 0.3) is 0 Å². The van der Waals surface area contributed by atoms with Crippen molar-refractivity contribution in [3.8, 4) is 0 Å². The zero-order valence-corrected chi connectivity index (χ0v) is 14.1. The molecule has 1 fully saturated rings. The molecule has 0 bridgehead atoms. The van der Waals surface area contributed by atoms with Crippen LogP contribution in [0.4, 0.5) is 5.69 Å². The van der Waals surface area contributed by atoms with E-state index >= 15 is 0 Å². The normalized spacial score (nSPS) is 15.5. The first-order valence-corrected chi connectivity index (χ1v) is 8.22. The van der Waals surface area contributed by atoms with Gasteiger partial charge in [0.25, 0.3) is 5.91 Å². The third kappa shape index (κ3) is 4.42. The van der Waals surface area contributed by atoms with Crippen LogP contribution in [0.5, 0.6) is 0 Å². The molecule has 1 heterocycles. The van der Waals surface area contributed by atoms with Crippen molar-refractivity contribution in [1.82, 2.24) is 10.2 Å². The molecule has 0 aliphatic carbocycles. The number of carbonyl (C=O) groups is 1. The number of para-hydroxylation sites is 1. The fourth-order valence-electron chi connectivity index (χ4n) is 2.66. The summed E-state index contributed by atoms with van der Waals surface area (Å²) in [5.41, 5.74) is 2.36. The van der Waals surface area contributed by atoms with E-state index in [2.05, 4.69) is 34.6 Å². The van der Waals surface area contributed by atoms with Crippen LogP contribution < -0.4 is 15.5 Å². The first kappa shape index (κ1) is 16.7. The second-order valence-electron chi connectivity index (χ2n) is 5.53. The van der Waals surface area contributed by atoms with E-state index in [1.165, 1.54) is 10.5 Å². The van der Waals surface area contributed by atoms with Gasteiger partial charge in [0.1, 0.15) is 0 Å². The van der Waals surface area contributed by atoms with Gasteiger partial charge in [-0.15, -0.1) is 0 Å². The van der Waals surface area contributed by atoms with Crippen molar-refractivity contribution in [1.29, 1.82) is 0 Å². The standard InChI is InChI=1S/C16H24N4OS/c1-3-13-6-4-5-7-14(13)18-16(22)20-10-8-19(9-11-20)12-15(21)17-2/h4-7H,3,8-12H2,1-2H3,(H,17,21)(H,18,22)/p+1. The molecule has 0 spiro atoms. The van der Waals surface area contributed by atoms with E-state index < -0.39 is 0 Å². The van der Waals surface area contributed by atoms with Gasteiger partial charge in [0.2, 0.25) is 0 Å². The molecule has 1 aromatic rings. The zero-order valence-electron chi connectivity index (χ0n) is 13.3. The van der Waals surface area contributed by atoms with Crippen LogP contribution in [0, 0.1) is 0 Å². The summed E-state index contributed by atoms with van der Waals surface area (Å²) in [5, 5.41) is 6.82. The van der Waals surface area contributed by atoms with Gasteiger partial charge < -0.3 is 20.4 Å². The quantitative estimate of drug-likeness (QED) is 0.678. The Bertz CT molecular complexity index is 527. The number of hydrogen-bond donors (Lipinski definition) is 3. The predicted molar refractivity (Wildman–Crippen MR) is 93.2 cm³/mol. The van der Waals surface area contributed by atoms with Gasteiger partial charge in [-0.3, -0.25) is 4.79 Å².